The summed E-state index contributed by atoms with van der Waals surface area (Å²) in [7, 11) is 0. The molecule has 0 bridgehead atoms. The van der Waals surface area contributed by atoms with E-state index < -0.39 is 18.0 Å². The summed E-state index contributed by atoms with van der Waals surface area (Å²) in [6.07, 6.45) is 0.711. The minimum atomic E-state index is -1.03. The van der Waals surface area contributed by atoms with Crippen molar-refractivity contribution in [2.24, 2.45) is 4.99 Å². The number of aliphatic carboxylic acids is 1. The molecule has 0 saturated carbocycles. The molecule has 0 spiro atoms. The molecule has 0 aliphatic rings. The van der Waals surface area contributed by atoms with Crippen molar-refractivity contribution >= 4 is 23.8 Å². The molecule has 0 saturated heterocycles. The Morgan fingerprint density at radius 3 is 2.17 bits per heavy atom. The molecule has 0 fully saturated rings. The fourth-order valence-corrected chi connectivity index (χ4v) is 1.73. The van der Waals surface area contributed by atoms with Gasteiger partial charge in [0.05, 0.1) is 11.3 Å². The third-order valence-corrected chi connectivity index (χ3v) is 3.02. The first kappa shape index (κ1) is 16.2. The van der Waals surface area contributed by atoms with E-state index in [1.165, 1.54) is 19.1 Å². The van der Waals surface area contributed by atoms with E-state index in [0.29, 0.717) is 11.4 Å². The molecular formula is C17H15NO5. The van der Waals surface area contributed by atoms with E-state index in [1.807, 2.05) is 0 Å². The largest absolute Gasteiger partial charge is 0.479 e. The monoisotopic (exact) mass is 313 g/mol. The number of carbonyl (C=O) groups is 2. The van der Waals surface area contributed by atoms with Crippen LogP contribution in [0.25, 0.3) is 0 Å². The Labute approximate surface area is 132 Å². The van der Waals surface area contributed by atoms with Crippen LogP contribution in [0, 0.1) is 0 Å². The predicted molar refractivity (Wildman–Crippen MR) is 84.8 cm³/mol. The van der Waals surface area contributed by atoms with Crippen molar-refractivity contribution in [3.8, 4) is 5.75 Å². The quantitative estimate of drug-likeness (QED) is 0.799. The molecule has 2 rings (SSSR count). The van der Waals surface area contributed by atoms with Crippen molar-refractivity contribution in [1.29, 1.82) is 0 Å². The zero-order valence-corrected chi connectivity index (χ0v) is 12.3. The van der Waals surface area contributed by atoms with E-state index in [0.717, 1.165) is 5.56 Å². The first-order chi connectivity index (χ1) is 11.0. The number of carboxylic acids is 2. The molecule has 6 nitrogen and oxygen atoms in total. The van der Waals surface area contributed by atoms with Crippen molar-refractivity contribution in [2.75, 3.05) is 0 Å². The van der Waals surface area contributed by atoms with Crippen LogP contribution in [-0.2, 0) is 4.79 Å². The molecule has 0 aromatic heterocycles. The second kappa shape index (κ2) is 7.22. The molecule has 2 N–H and O–H groups in total. The molecule has 0 heterocycles. The van der Waals surface area contributed by atoms with E-state index in [9.17, 15) is 9.59 Å². The van der Waals surface area contributed by atoms with E-state index >= 15 is 0 Å². The van der Waals surface area contributed by atoms with Crippen LogP contribution < -0.4 is 4.74 Å². The number of hydrogen-bond donors (Lipinski definition) is 2. The van der Waals surface area contributed by atoms with Gasteiger partial charge in [0.1, 0.15) is 5.75 Å². The van der Waals surface area contributed by atoms with Crippen molar-refractivity contribution in [3.63, 3.8) is 0 Å². The molecule has 0 aliphatic heterocycles. The van der Waals surface area contributed by atoms with Gasteiger partial charge in [0.2, 0.25) is 0 Å². The molecule has 2 aromatic rings. The average molecular weight is 313 g/mol. The Kier molecular flexibility index (Phi) is 5.09. The molecule has 6 heteroatoms. The third kappa shape index (κ3) is 4.67. The lowest BCUT2D eigenvalue weighted by Crippen LogP contribution is -2.22. The lowest BCUT2D eigenvalue weighted by Gasteiger charge is -2.09. The molecular weight excluding hydrogens is 298 g/mol. The van der Waals surface area contributed by atoms with Gasteiger partial charge in [0.25, 0.3) is 0 Å². The van der Waals surface area contributed by atoms with Crippen LogP contribution in [-0.4, -0.2) is 34.5 Å². The van der Waals surface area contributed by atoms with Crippen LogP contribution in [0.3, 0.4) is 0 Å². The number of aliphatic imine (C=N–C) groups is 1. The number of carboxylic acid groups (broad SMARTS) is 2. The van der Waals surface area contributed by atoms with Crippen LogP contribution in [0.4, 0.5) is 5.69 Å². The molecule has 0 radical (unpaired) electrons. The number of hydrogen-bond acceptors (Lipinski definition) is 4. The van der Waals surface area contributed by atoms with Crippen molar-refractivity contribution in [1.82, 2.24) is 0 Å². The van der Waals surface area contributed by atoms with Gasteiger partial charge < -0.3 is 14.9 Å². The number of aromatic carboxylic acids is 1. The highest BCUT2D eigenvalue weighted by molar-refractivity contribution is 5.88. The van der Waals surface area contributed by atoms with Crippen molar-refractivity contribution in [2.45, 2.75) is 13.0 Å². The Morgan fingerprint density at radius 2 is 1.65 bits per heavy atom. The standard InChI is InChI=1S/C17H15NO5/c1-11(16(19)20)23-15-8-2-12(3-9-15)10-18-14-6-4-13(5-7-14)17(21)22/h2-11H,1H3,(H,19,20)(H,21,22). The second-order valence-corrected chi connectivity index (χ2v) is 4.78. The minimum Gasteiger partial charge on any atom is -0.479 e. The molecule has 2 aromatic carbocycles. The van der Waals surface area contributed by atoms with Crippen LogP contribution in [0.15, 0.2) is 53.5 Å². The Hall–Kier alpha value is -3.15. The lowest BCUT2D eigenvalue weighted by atomic mass is 10.2. The van der Waals surface area contributed by atoms with Crippen molar-refractivity contribution in [3.05, 3.63) is 59.7 Å². The Balaban J connectivity index is 2.02. The maximum atomic E-state index is 10.8. The van der Waals surface area contributed by atoms with Crippen LogP contribution >= 0.6 is 0 Å². The third-order valence-electron chi connectivity index (χ3n) is 3.02. The SMILES string of the molecule is CC(Oc1ccc(C=Nc2ccc(C(=O)O)cc2)cc1)C(=O)O. The fraction of sp³-hybridized carbons (Fsp3) is 0.118. The zero-order valence-electron chi connectivity index (χ0n) is 12.3. The first-order valence-corrected chi connectivity index (χ1v) is 6.82. The Morgan fingerprint density at radius 1 is 1.04 bits per heavy atom. The van der Waals surface area contributed by atoms with E-state index in [-0.39, 0.29) is 5.56 Å². The normalized spacial score (nSPS) is 12.0. The van der Waals surface area contributed by atoms with Crippen molar-refractivity contribution < 1.29 is 24.5 Å². The van der Waals surface area contributed by atoms with Gasteiger partial charge in [-0.15, -0.1) is 0 Å². The fourth-order valence-electron chi connectivity index (χ4n) is 1.73. The van der Waals surface area contributed by atoms with Crippen LogP contribution in [0.1, 0.15) is 22.8 Å². The summed E-state index contributed by atoms with van der Waals surface area (Å²) in [4.78, 5) is 25.7. The highest BCUT2D eigenvalue weighted by atomic mass is 16.5. The lowest BCUT2D eigenvalue weighted by molar-refractivity contribution is -0.144. The molecule has 0 amide bonds. The predicted octanol–water partition coefficient (Wildman–Crippen LogP) is 2.99. The van der Waals surface area contributed by atoms with Gasteiger partial charge in [0, 0.05) is 6.21 Å². The molecule has 23 heavy (non-hydrogen) atoms. The van der Waals surface area contributed by atoms with Crippen LogP contribution in [0.5, 0.6) is 5.75 Å². The van der Waals surface area contributed by atoms with Gasteiger partial charge in [-0.1, -0.05) is 0 Å². The maximum absolute atomic E-state index is 10.8. The summed E-state index contributed by atoms with van der Waals surface area (Å²) in [5, 5.41) is 17.6. The number of nitrogens with zero attached hydrogens (tertiary/aromatic N) is 1. The molecule has 0 aliphatic carbocycles. The molecule has 118 valence electrons. The average Bonchev–Trinajstić information content (AvgIpc) is 2.54. The summed E-state index contributed by atoms with van der Waals surface area (Å²) < 4.78 is 5.23. The summed E-state index contributed by atoms with van der Waals surface area (Å²) >= 11 is 0. The highest BCUT2D eigenvalue weighted by Crippen LogP contribution is 2.16. The number of rotatable bonds is 6. The summed E-state index contributed by atoms with van der Waals surface area (Å²) in [6, 6.07) is 13.0. The smallest absolute Gasteiger partial charge is 0.344 e. The maximum Gasteiger partial charge on any atom is 0.344 e. The summed E-state index contributed by atoms with van der Waals surface area (Å²) in [6.45, 7) is 1.46. The van der Waals surface area contributed by atoms with Gasteiger partial charge in [-0.25, -0.2) is 9.59 Å². The summed E-state index contributed by atoms with van der Waals surface area (Å²) in [5.41, 5.74) is 1.65. The molecule has 1 unspecified atom stereocenters. The zero-order chi connectivity index (χ0) is 16.8. The van der Waals surface area contributed by atoms with Crippen LogP contribution in [0.2, 0.25) is 0 Å². The highest BCUT2D eigenvalue weighted by Gasteiger charge is 2.11. The van der Waals surface area contributed by atoms with Gasteiger partial charge in [-0.3, -0.25) is 4.99 Å². The number of ether oxygens (including phenoxy) is 1. The van der Waals surface area contributed by atoms with Gasteiger partial charge in [0.15, 0.2) is 6.10 Å². The summed E-state index contributed by atoms with van der Waals surface area (Å²) in [5.74, 6) is -1.55. The number of benzene rings is 2. The Bertz CT molecular complexity index is 720. The van der Waals surface area contributed by atoms with E-state index in [4.69, 9.17) is 14.9 Å². The molecule has 1 atom stereocenters. The van der Waals surface area contributed by atoms with Gasteiger partial charge in [-0.2, -0.15) is 0 Å². The van der Waals surface area contributed by atoms with Gasteiger partial charge >= 0.3 is 11.9 Å². The topological polar surface area (TPSA) is 96.2 Å². The van der Waals surface area contributed by atoms with E-state index in [2.05, 4.69) is 4.99 Å². The van der Waals surface area contributed by atoms with Gasteiger partial charge in [-0.05, 0) is 61.0 Å². The first-order valence-electron chi connectivity index (χ1n) is 6.82. The second-order valence-electron chi connectivity index (χ2n) is 4.78. The van der Waals surface area contributed by atoms with E-state index in [1.54, 1.807) is 42.6 Å². The minimum absolute atomic E-state index is 0.206.